The fraction of sp³-hybridized carbons (Fsp3) is 0. The SMILES string of the molecule is O=C(O)c1ccn2cnc(C(=O)O)c2c1. The second-order valence-corrected chi connectivity index (χ2v) is 2.91. The third-order valence-corrected chi connectivity index (χ3v) is 1.99. The summed E-state index contributed by atoms with van der Waals surface area (Å²) >= 11 is 0. The van der Waals surface area contributed by atoms with Crippen LogP contribution in [0.25, 0.3) is 5.52 Å². The van der Waals surface area contributed by atoms with Crippen LogP contribution in [0, 0.1) is 0 Å². The van der Waals surface area contributed by atoms with Crippen molar-refractivity contribution < 1.29 is 19.8 Å². The molecule has 0 aliphatic heterocycles. The highest BCUT2D eigenvalue weighted by molar-refractivity contribution is 5.96. The summed E-state index contributed by atoms with van der Waals surface area (Å²) in [7, 11) is 0. The van der Waals surface area contributed by atoms with Gasteiger partial charge in [-0.05, 0) is 12.1 Å². The molecule has 2 rings (SSSR count). The summed E-state index contributed by atoms with van der Waals surface area (Å²) in [6.07, 6.45) is 2.78. The fourth-order valence-electron chi connectivity index (χ4n) is 1.29. The summed E-state index contributed by atoms with van der Waals surface area (Å²) in [4.78, 5) is 25.1. The standard InChI is InChI=1S/C9H6N2O4/c12-8(13)5-1-2-11-4-10-7(9(14)15)6(11)3-5/h1-4H,(H,12,13)(H,14,15). The van der Waals surface area contributed by atoms with Crippen LogP contribution >= 0.6 is 0 Å². The zero-order chi connectivity index (χ0) is 11.0. The lowest BCUT2D eigenvalue weighted by atomic mass is 10.2. The molecule has 0 aromatic carbocycles. The molecule has 2 N–H and O–H groups in total. The van der Waals surface area contributed by atoms with E-state index < -0.39 is 11.9 Å². The Labute approximate surface area is 83.4 Å². The van der Waals surface area contributed by atoms with Crippen molar-refractivity contribution in [2.45, 2.75) is 0 Å². The first kappa shape index (κ1) is 9.20. The van der Waals surface area contributed by atoms with Crippen LogP contribution in [0.4, 0.5) is 0 Å². The molecule has 76 valence electrons. The minimum Gasteiger partial charge on any atom is -0.478 e. The van der Waals surface area contributed by atoms with Crippen molar-refractivity contribution in [1.29, 1.82) is 0 Å². The van der Waals surface area contributed by atoms with E-state index in [1.54, 1.807) is 0 Å². The van der Waals surface area contributed by atoms with Gasteiger partial charge in [-0.25, -0.2) is 14.6 Å². The molecule has 0 radical (unpaired) electrons. The molecule has 15 heavy (non-hydrogen) atoms. The molecule has 0 saturated carbocycles. The van der Waals surface area contributed by atoms with Gasteiger partial charge in [-0.1, -0.05) is 0 Å². The first-order valence-corrected chi connectivity index (χ1v) is 4.03. The van der Waals surface area contributed by atoms with E-state index in [9.17, 15) is 9.59 Å². The largest absolute Gasteiger partial charge is 0.478 e. The quantitative estimate of drug-likeness (QED) is 0.755. The Bertz CT molecular complexity index is 558. The molecule has 0 saturated heterocycles. The zero-order valence-corrected chi connectivity index (χ0v) is 7.41. The summed E-state index contributed by atoms with van der Waals surface area (Å²) in [5.74, 6) is -2.28. The topological polar surface area (TPSA) is 91.9 Å². The highest BCUT2D eigenvalue weighted by Gasteiger charge is 2.13. The molecule has 2 aromatic rings. The Morgan fingerprint density at radius 2 is 2.00 bits per heavy atom. The van der Waals surface area contributed by atoms with Gasteiger partial charge in [0.25, 0.3) is 0 Å². The van der Waals surface area contributed by atoms with Gasteiger partial charge in [-0.3, -0.25) is 0 Å². The lowest BCUT2D eigenvalue weighted by Crippen LogP contribution is -2.00. The number of carboxylic acids is 2. The zero-order valence-electron chi connectivity index (χ0n) is 7.41. The van der Waals surface area contributed by atoms with E-state index in [1.165, 1.54) is 29.1 Å². The lowest BCUT2D eigenvalue weighted by Gasteiger charge is -1.97. The van der Waals surface area contributed by atoms with Gasteiger partial charge in [0.1, 0.15) is 6.33 Å². The van der Waals surface area contributed by atoms with E-state index in [4.69, 9.17) is 10.2 Å². The van der Waals surface area contributed by atoms with E-state index in [-0.39, 0.29) is 16.8 Å². The third kappa shape index (κ3) is 1.41. The van der Waals surface area contributed by atoms with E-state index in [2.05, 4.69) is 4.98 Å². The van der Waals surface area contributed by atoms with Crippen molar-refractivity contribution >= 4 is 17.5 Å². The summed E-state index contributed by atoms with van der Waals surface area (Å²) < 4.78 is 1.45. The number of hydrogen-bond acceptors (Lipinski definition) is 3. The maximum Gasteiger partial charge on any atom is 0.356 e. The first-order chi connectivity index (χ1) is 7.09. The Morgan fingerprint density at radius 1 is 1.27 bits per heavy atom. The van der Waals surface area contributed by atoms with Gasteiger partial charge in [0.05, 0.1) is 11.1 Å². The second-order valence-electron chi connectivity index (χ2n) is 2.91. The number of carboxylic acid groups (broad SMARTS) is 2. The monoisotopic (exact) mass is 206 g/mol. The van der Waals surface area contributed by atoms with Gasteiger partial charge in [0.15, 0.2) is 5.69 Å². The highest BCUT2D eigenvalue weighted by Crippen LogP contribution is 2.12. The Morgan fingerprint density at radius 3 is 2.60 bits per heavy atom. The van der Waals surface area contributed by atoms with Crippen molar-refractivity contribution in [3.8, 4) is 0 Å². The van der Waals surface area contributed by atoms with Crippen LogP contribution < -0.4 is 0 Å². The molecular weight excluding hydrogens is 200 g/mol. The maximum absolute atomic E-state index is 10.7. The average molecular weight is 206 g/mol. The van der Waals surface area contributed by atoms with Crippen LogP contribution in [-0.4, -0.2) is 31.5 Å². The smallest absolute Gasteiger partial charge is 0.356 e. The molecule has 0 aliphatic carbocycles. The molecule has 0 unspecified atom stereocenters. The summed E-state index contributed by atoms with van der Waals surface area (Å²) in [5, 5.41) is 17.5. The van der Waals surface area contributed by atoms with E-state index >= 15 is 0 Å². The predicted octanol–water partition coefficient (Wildman–Crippen LogP) is 0.731. The number of carbonyl (C=O) groups is 2. The van der Waals surface area contributed by atoms with E-state index in [0.717, 1.165) is 0 Å². The van der Waals surface area contributed by atoms with Crippen molar-refractivity contribution in [1.82, 2.24) is 9.38 Å². The van der Waals surface area contributed by atoms with E-state index in [0.29, 0.717) is 0 Å². The molecule has 2 heterocycles. The first-order valence-electron chi connectivity index (χ1n) is 4.03. The molecule has 2 aromatic heterocycles. The minimum absolute atomic E-state index is 0.0329. The van der Waals surface area contributed by atoms with Gasteiger partial charge in [0, 0.05) is 6.20 Å². The maximum atomic E-state index is 10.7. The summed E-state index contributed by atoms with van der Waals surface area (Å²) in [5.41, 5.74) is 0.144. The summed E-state index contributed by atoms with van der Waals surface area (Å²) in [6.45, 7) is 0. The van der Waals surface area contributed by atoms with E-state index in [1.807, 2.05) is 0 Å². The van der Waals surface area contributed by atoms with Crippen molar-refractivity contribution in [3.05, 3.63) is 35.9 Å². The number of hydrogen-bond donors (Lipinski definition) is 2. The predicted molar refractivity (Wildman–Crippen MR) is 49.1 cm³/mol. The number of rotatable bonds is 2. The van der Waals surface area contributed by atoms with Crippen molar-refractivity contribution in [2.24, 2.45) is 0 Å². The Hall–Kier alpha value is -2.37. The van der Waals surface area contributed by atoms with Crippen molar-refractivity contribution in [3.63, 3.8) is 0 Å². The van der Waals surface area contributed by atoms with Gasteiger partial charge in [0.2, 0.25) is 0 Å². The average Bonchev–Trinajstić information content (AvgIpc) is 2.59. The molecule has 6 heteroatoms. The molecule has 6 nitrogen and oxygen atoms in total. The number of fused-ring (bicyclic) bond motifs is 1. The number of nitrogens with zero attached hydrogens (tertiary/aromatic N) is 2. The van der Waals surface area contributed by atoms with Crippen LogP contribution in [0.1, 0.15) is 20.8 Å². The molecular formula is C9H6N2O4. The Balaban J connectivity index is 2.72. The minimum atomic E-state index is -1.18. The van der Waals surface area contributed by atoms with Gasteiger partial charge < -0.3 is 14.6 Å². The lowest BCUT2D eigenvalue weighted by molar-refractivity contribution is 0.0682. The summed E-state index contributed by atoms with van der Waals surface area (Å²) in [6, 6.07) is 2.65. The fourth-order valence-corrected chi connectivity index (χ4v) is 1.29. The number of pyridine rings is 1. The van der Waals surface area contributed by atoms with Crippen molar-refractivity contribution in [2.75, 3.05) is 0 Å². The molecule has 0 spiro atoms. The van der Waals surface area contributed by atoms with Crippen LogP contribution in [0.3, 0.4) is 0 Å². The number of aromatic nitrogens is 2. The normalized spacial score (nSPS) is 10.4. The molecule has 0 fully saturated rings. The van der Waals surface area contributed by atoms with Gasteiger partial charge >= 0.3 is 11.9 Å². The molecule has 0 bridgehead atoms. The van der Waals surface area contributed by atoms with Gasteiger partial charge in [-0.2, -0.15) is 0 Å². The number of aromatic carboxylic acids is 2. The van der Waals surface area contributed by atoms with Crippen LogP contribution in [0.2, 0.25) is 0 Å². The highest BCUT2D eigenvalue weighted by atomic mass is 16.4. The van der Waals surface area contributed by atoms with Crippen LogP contribution in [0.5, 0.6) is 0 Å². The van der Waals surface area contributed by atoms with Crippen LogP contribution in [-0.2, 0) is 0 Å². The van der Waals surface area contributed by atoms with Crippen LogP contribution in [0.15, 0.2) is 24.7 Å². The third-order valence-electron chi connectivity index (χ3n) is 1.99. The number of imidazole rings is 1. The Kier molecular flexibility index (Phi) is 1.89. The van der Waals surface area contributed by atoms with Gasteiger partial charge in [-0.15, -0.1) is 0 Å². The molecule has 0 atom stereocenters. The molecule has 0 amide bonds. The molecule has 0 aliphatic rings. The second kappa shape index (κ2) is 3.09.